The number of sulfone groups is 1. The fourth-order valence-electron chi connectivity index (χ4n) is 3.57. The van der Waals surface area contributed by atoms with Gasteiger partial charge < -0.3 is 0 Å². The number of aromatic nitrogens is 3. The van der Waals surface area contributed by atoms with Crippen molar-refractivity contribution in [3.63, 3.8) is 0 Å². The molecule has 2 aromatic rings. The van der Waals surface area contributed by atoms with E-state index in [9.17, 15) is 8.42 Å². The molecule has 3 rings (SSSR count). The van der Waals surface area contributed by atoms with E-state index in [1.807, 2.05) is 4.57 Å². The molecule has 0 N–H and O–H groups in total. The molecule has 1 aliphatic rings. The maximum atomic E-state index is 11.8. The molecule has 1 aliphatic heterocycles. The van der Waals surface area contributed by atoms with Gasteiger partial charge >= 0.3 is 0 Å². The lowest BCUT2D eigenvalue weighted by Gasteiger charge is -2.27. The van der Waals surface area contributed by atoms with Crippen LogP contribution in [0.5, 0.6) is 0 Å². The summed E-state index contributed by atoms with van der Waals surface area (Å²) in [5.74, 6) is 0.512. The minimum atomic E-state index is -2.91. The summed E-state index contributed by atoms with van der Waals surface area (Å²) in [6, 6.07) is 6.29. The van der Waals surface area contributed by atoms with Crippen LogP contribution in [0, 0.1) is 18.6 Å². The highest BCUT2D eigenvalue weighted by molar-refractivity contribution is 7.91. The van der Waals surface area contributed by atoms with E-state index in [4.69, 9.17) is 12.2 Å². The van der Waals surface area contributed by atoms with E-state index in [1.54, 1.807) is 11.0 Å². The first kappa shape index (κ1) is 19.3. The number of rotatable bonds is 6. The van der Waals surface area contributed by atoms with E-state index in [1.165, 1.54) is 5.56 Å². The normalized spacial score (nSPS) is 19.3. The largest absolute Gasteiger partial charge is 0.280 e. The molecule has 1 aromatic heterocycles. The average molecular weight is 395 g/mol. The monoisotopic (exact) mass is 394 g/mol. The fourth-order valence-corrected chi connectivity index (χ4v) is 5.58. The SMILES string of the molecule is CCCN(Cn1ncn(-c2ccc(C)cc2C)c1=S)C1CCS(=O)(=O)C1. The van der Waals surface area contributed by atoms with Gasteiger partial charge in [0.25, 0.3) is 0 Å². The van der Waals surface area contributed by atoms with Gasteiger partial charge in [0, 0.05) is 6.04 Å². The Hall–Kier alpha value is -1.51. The van der Waals surface area contributed by atoms with Crippen LogP contribution < -0.4 is 0 Å². The molecule has 1 aromatic carbocycles. The van der Waals surface area contributed by atoms with E-state index in [0.717, 1.165) is 24.2 Å². The molecule has 0 aliphatic carbocycles. The Balaban J connectivity index is 1.85. The fraction of sp³-hybridized carbons (Fsp3) is 0.556. The zero-order valence-corrected chi connectivity index (χ0v) is 17.2. The van der Waals surface area contributed by atoms with E-state index >= 15 is 0 Å². The lowest BCUT2D eigenvalue weighted by atomic mass is 10.1. The molecule has 0 spiro atoms. The Kier molecular flexibility index (Phi) is 5.64. The molecule has 1 atom stereocenters. The molecular formula is C18H26N4O2S2. The van der Waals surface area contributed by atoms with Gasteiger partial charge in [-0.3, -0.25) is 9.47 Å². The van der Waals surface area contributed by atoms with Crippen molar-refractivity contribution < 1.29 is 8.42 Å². The molecule has 26 heavy (non-hydrogen) atoms. The van der Waals surface area contributed by atoms with Gasteiger partial charge in [-0.2, -0.15) is 5.10 Å². The lowest BCUT2D eigenvalue weighted by Crippen LogP contribution is -2.38. The van der Waals surface area contributed by atoms with Crippen molar-refractivity contribution in [3.05, 3.63) is 40.4 Å². The maximum Gasteiger partial charge on any atom is 0.203 e. The standard InChI is InChI=1S/C18H26N4O2S2/c1-4-8-20(16-7-9-26(23,24)11-16)13-22-18(25)21(12-19-22)17-6-5-14(2)10-15(17)3/h5-6,10,12,16H,4,7-9,11,13H2,1-3H3. The summed E-state index contributed by atoms with van der Waals surface area (Å²) < 4.78 is 28.0. The second-order valence-electron chi connectivity index (χ2n) is 7.08. The minimum Gasteiger partial charge on any atom is -0.280 e. The molecule has 0 bridgehead atoms. The van der Waals surface area contributed by atoms with Crippen molar-refractivity contribution in [2.24, 2.45) is 0 Å². The van der Waals surface area contributed by atoms with E-state index in [2.05, 4.69) is 49.0 Å². The summed E-state index contributed by atoms with van der Waals surface area (Å²) in [7, 11) is -2.91. The molecule has 0 radical (unpaired) electrons. The molecule has 6 nitrogen and oxygen atoms in total. The van der Waals surface area contributed by atoms with Crippen LogP contribution in [0.15, 0.2) is 24.5 Å². The number of nitrogens with zero attached hydrogens (tertiary/aromatic N) is 4. The zero-order valence-electron chi connectivity index (χ0n) is 15.6. The number of hydrogen-bond donors (Lipinski definition) is 0. The second kappa shape index (κ2) is 7.62. The average Bonchev–Trinajstić information content (AvgIpc) is 3.10. The summed E-state index contributed by atoms with van der Waals surface area (Å²) in [4.78, 5) is 2.19. The minimum absolute atomic E-state index is 0.0492. The van der Waals surface area contributed by atoms with Gasteiger partial charge in [0.15, 0.2) is 9.84 Å². The van der Waals surface area contributed by atoms with Gasteiger partial charge in [0.2, 0.25) is 4.77 Å². The Morgan fingerprint density at radius 3 is 2.73 bits per heavy atom. The lowest BCUT2D eigenvalue weighted by molar-refractivity contribution is 0.155. The van der Waals surface area contributed by atoms with Crippen molar-refractivity contribution in [2.45, 2.75) is 46.3 Å². The highest BCUT2D eigenvalue weighted by atomic mass is 32.2. The van der Waals surface area contributed by atoms with Crippen LogP contribution in [0.1, 0.15) is 30.9 Å². The third kappa shape index (κ3) is 4.07. The van der Waals surface area contributed by atoms with Crippen LogP contribution in [0.3, 0.4) is 0 Å². The van der Waals surface area contributed by atoms with Gasteiger partial charge in [0.05, 0.1) is 23.9 Å². The van der Waals surface area contributed by atoms with Crippen LogP contribution >= 0.6 is 12.2 Å². The van der Waals surface area contributed by atoms with E-state index in [-0.39, 0.29) is 17.5 Å². The summed E-state index contributed by atoms with van der Waals surface area (Å²) >= 11 is 5.64. The Labute approximate surface area is 160 Å². The highest BCUT2D eigenvalue weighted by Gasteiger charge is 2.32. The van der Waals surface area contributed by atoms with E-state index in [0.29, 0.717) is 17.9 Å². The third-order valence-electron chi connectivity index (χ3n) is 4.90. The Morgan fingerprint density at radius 1 is 1.35 bits per heavy atom. The van der Waals surface area contributed by atoms with Gasteiger partial charge in [-0.05, 0) is 57.1 Å². The maximum absolute atomic E-state index is 11.8. The van der Waals surface area contributed by atoms with Gasteiger partial charge in [-0.1, -0.05) is 24.6 Å². The second-order valence-corrected chi connectivity index (χ2v) is 9.68. The van der Waals surface area contributed by atoms with Crippen LogP contribution in [0.25, 0.3) is 5.69 Å². The molecule has 2 heterocycles. The summed E-state index contributed by atoms with van der Waals surface area (Å²) in [6.45, 7) is 7.58. The van der Waals surface area contributed by atoms with Gasteiger partial charge in [0.1, 0.15) is 6.33 Å². The molecular weight excluding hydrogens is 368 g/mol. The Bertz CT molecular complexity index is 946. The van der Waals surface area contributed by atoms with Gasteiger partial charge in [-0.25, -0.2) is 13.1 Å². The first-order valence-corrected chi connectivity index (χ1v) is 11.2. The first-order chi connectivity index (χ1) is 12.3. The smallest absolute Gasteiger partial charge is 0.203 e. The number of benzene rings is 1. The summed E-state index contributed by atoms with van der Waals surface area (Å²) in [5.41, 5.74) is 3.38. The number of aryl methyl sites for hydroxylation is 2. The van der Waals surface area contributed by atoms with Crippen LogP contribution in [-0.2, 0) is 16.5 Å². The summed E-state index contributed by atoms with van der Waals surface area (Å²) in [6.07, 6.45) is 3.39. The molecule has 0 saturated carbocycles. The number of hydrogen-bond acceptors (Lipinski definition) is 5. The van der Waals surface area contributed by atoms with Crippen LogP contribution in [0.2, 0.25) is 0 Å². The molecule has 0 amide bonds. The van der Waals surface area contributed by atoms with Crippen molar-refractivity contribution in [1.29, 1.82) is 0 Å². The topological polar surface area (TPSA) is 60.1 Å². The van der Waals surface area contributed by atoms with Crippen molar-refractivity contribution in [3.8, 4) is 5.69 Å². The van der Waals surface area contributed by atoms with Crippen molar-refractivity contribution in [1.82, 2.24) is 19.2 Å². The highest BCUT2D eigenvalue weighted by Crippen LogP contribution is 2.20. The quantitative estimate of drug-likeness (QED) is 0.705. The molecule has 1 fully saturated rings. The predicted octanol–water partition coefficient (Wildman–Crippen LogP) is 2.88. The molecule has 8 heteroatoms. The van der Waals surface area contributed by atoms with Crippen LogP contribution in [0.4, 0.5) is 0 Å². The van der Waals surface area contributed by atoms with Crippen LogP contribution in [-0.4, -0.2) is 51.8 Å². The molecule has 1 unspecified atom stereocenters. The molecule has 142 valence electrons. The van der Waals surface area contributed by atoms with E-state index < -0.39 is 9.84 Å². The first-order valence-electron chi connectivity index (χ1n) is 8.97. The van der Waals surface area contributed by atoms with Crippen molar-refractivity contribution >= 4 is 22.1 Å². The van der Waals surface area contributed by atoms with Gasteiger partial charge in [-0.15, -0.1) is 0 Å². The summed E-state index contributed by atoms with van der Waals surface area (Å²) in [5, 5.41) is 4.47. The predicted molar refractivity (Wildman–Crippen MR) is 106 cm³/mol. The third-order valence-corrected chi connectivity index (χ3v) is 7.05. The molecule has 1 saturated heterocycles. The van der Waals surface area contributed by atoms with Crippen molar-refractivity contribution in [2.75, 3.05) is 18.1 Å². The Morgan fingerprint density at radius 2 is 2.12 bits per heavy atom. The zero-order chi connectivity index (χ0) is 18.9.